The molecule has 0 aromatic heterocycles. The van der Waals surface area contributed by atoms with Crippen LogP contribution in [0.3, 0.4) is 0 Å². The van der Waals surface area contributed by atoms with Gasteiger partial charge in [0.15, 0.2) is 23.0 Å². The molecular formula is C20H21NO7. The van der Waals surface area contributed by atoms with Gasteiger partial charge in [0.05, 0.1) is 32.5 Å². The maximum Gasteiger partial charge on any atom is 0.265 e. The van der Waals surface area contributed by atoms with Crippen molar-refractivity contribution in [2.45, 2.75) is 19.4 Å². The van der Waals surface area contributed by atoms with Gasteiger partial charge < -0.3 is 28.8 Å². The highest BCUT2D eigenvalue weighted by Crippen LogP contribution is 2.50. The lowest BCUT2D eigenvalue weighted by atomic mass is 9.72. The lowest BCUT2D eigenvalue weighted by Crippen LogP contribution is -2.36. The molecule has 1 spiro atoms. The number of allylic oxidation sites excluding steroid dienone is 1. The summed E-state index contributed by atoms with van der Waals surface area (Å²) in [6.07, 6.45) is 2.18. The van der Waals surface area contributed by atoms with Gasteiger partial charge in [-0.3, -0.25) is 9.79 Å². The Bertz CT molecular complexity index is 946. The summed E-state index contributed by atoms with van der Waals surface area (Å²) in [7, 11) is 4.36. The summed E-state index contributed by atoms with van der Waals surface area (Å²) in [5.74, 6) is 0.692. The van der Waals surface area contributed by atoms with Gasteiger partial charge in [0, 0.05) is 11.6 Å². The summed E-state index contributed by atoms with van der Waals surface area (Å²) >= 11 is 0. The maximum absolute atomic E-state index is 12.4. The van der Waals surface area contributed by atoms with Gasteiger partial charge in [0.2, 0.25) is 18.3 Å². The Labute approximate surface area is 162 Å². The van der Waals surface area contributed by atoms with E-state index in [2.05, 4.69) is 0 Å². The Kier molecular flexibility index (Phi) is 4.21. The number of aliphatic imine (C=N–C) groups is 1. The van der Waals surface area contributed by atoms with E-state index in [-0.39, 0.29) is 24.4 Å². The minimum atomic E-state index is -0.948. The summed E-state index contributed by atoms with van der Waals surface area (Å²) in [6, 6.07) is 3.53. The number of aliphatic hydroxyl groups is 1. The van der Waals surface area contributed by atoms with E-state index in [1.807, 2.05) is 13.0 Å². The zero-order chi connectivity index (χ0) is 20.1. The van der Waals surface area contributed by atoms with Crippen molar-refractivity contribution < 1.29 is 33.6 Å². The molecule has 0 radical (unpaired) electrons. The Morgan fingerprint density at radius 2 is 1.96 bits per heavy atom. The lowest BCUT2D eigenvalue weighted by Gasteiger charge is -2.33. The quantitative estimate of drug-likeness (QED) is 0.848. The van der Waals surface area contributed by atoms with Crippen LogP contribution in [0.4, 0.5) is 0 Å². The first-order chi connectivity index (χ1) is 13.4. The average molecular weight is 387 g/mol. The molecule has 1 aliphatic carbocycles. The molecule has 1 N–H and O–H groups in total. The highest BCUT2D eigenvalue weighted by atomic mass is 16.7. The van der Waals surface area contributed by atoms with E-state index >= 15 is 0 Å². The third-order valence-electron chi connectivity index (χ3n) is 5.18. The van der Waals surface area contributed by atoms with Crippen molar-refractivity contribution in [3.05, 3.63) is 41.0 Å². The number of hydrogen-bond acceptors (Lipinski definition) is 8. The van der Waals surface area contributed by atoms with Gasteiger partial charge in [-0.1, -0.05) is 0 Å². The SMILES string of the molecule is COC1=C[C@]2(C[C@H](C)N=C2c2cc(OC)c3c(c2)OCO3)C(OC)=C(O)C1=O. The largest absolute Gasteiger partial charge is 0.502 e. The number of benzene rings is 1. The molecule has 1 aromatic carbocycles. The lowest BCUT2D eigenvalue weighted by molar-refractivity contribution is -0.118. The van der Waals surface area contributed by atoms with Crippen molar-refractivity contribution in [3.8, 4) is 17.2 Å². The molecule has 2 atom stereocenters. The zero-order valence-corrected chi connectivity index (χ0v) is 16.1. The monoisotopic (exact) mass is 387 g/mol. The Hall–Kier alpha value is -3.16. The highest BCUT2D eigenvalue weighted by molar-refractivity contribution is 6.15. The molecule has 1 aromatic rings. The Balaban J connectivity index is 1.93. The van der Waals surface area contributed by atoms with E-state index < -0.39 is 17.0 Å². The summed E-state index contributed by atoms with van der Waals surface area (Å²) in [6.45, 7) is 2.06. The van der Waals surface area contributed by atoms with Gasteiger partial charge in [-0.15, -0.1) is 0 Å². The van der Waals surface area contributed by atoms with Crippen molar-refractivity contribution in [1.82, 2.24) is 0 Å². The van der Waals surface area contributed by atoms with Crippen LogP contribution in [0.15, 0.2) is 40.5 Å². The van der Waals surface area contributed by atoms with Crippen molar-refractivity contribution in [1.29, 1.82) is 0 Å². The molecule has 2 heterocycles. The third-order valence-corrected chi connectivity index (χ3v) is 5.18. The number of carbonyl (C=O) groups excluding carboxylic acids is 1. The summed E-state index contributed by atoms with van der Waals surface area (Å²) < 4.78 is 27.2. The second-order valence-electron chi connectivity index (χ2n) is 6.84. The second kappa shape index (κ2) is 6.47. The molecule has 0 amide bonds. The first kappa shape index (κ1) is 18.2. The van der Waals surface area contributed by atoms with Crippen molar-refractivity contribution in [3.63, 3.8) is 0 Å². The third kappa shape index (κ3) is 2.44. The summed E-state index contributed by atoms with van der Waals surface area (Å²) in [4.78, 5) is 17.2. The van der Waals surface area contributed by atoms with Crippen LogP contribution < -0.4 is 14.2 Å². The fraction of sp³-hybridized carbons (Fsp3) is 0.400. The zero-order valence-electron chi connectivity index (χ0n) is 16.1. The first-order valence-electron chi connectivity index (χ1n) is 8.80. The van der Waals surface area contributed by atoms with Crippen LogP contribution in [0.25, 0.3) is 0 Å². The maximum atomic E-state index is 12.4. The molecular weight excluding hydrogens is 366 g/mol. The topological polar surface area (TPSA) is 95.8 Å². The van der Waals surface area contributed by atoms with Crippen LogP contribution in [-0.4, -0.2) is 50.8 Å². The number of rotatable bonds is 4. The van der Waals surface area contributed by atoms with Crippen LogP contribution in [0.5, 0.6) is 17.2 Å². The van der Waals surface area contributed by atoms with Gasteiger partial charge in [-0.2, -0.15) is 0 Å². The van der Waals surface area contributed by atoms with Gasteiger partial charge >= 0.3 is 0 Å². The molecule has 8 heteroatoms. The highest BCUT2D eigenvalue weighted by Gasteiger charge is 2.51. The van der Waals surface area contributed by atoms with Gasteiger partial charge in [-0.05, 0) is 31.6 Å². The first-order valence-corrected chi connectivity index (χ1v) is 8.80. The number of ketones is 1. The summed E-state index contributed by atoms with van der Waals surface area (Å²) in [5.41, 5.74) is 0.395. The minimum Gasteiger partial charge on any atom is -0.502 e. The molecule has 2 aliphatic heterocycles. The molecule has 28 heavy (non-hydrogen) atoms. The fourth-order valence-electron chi connectivity index (χ4n) is 4.09. The van der Waals surface area contributed by atoms with Crippen LogP contribution in [0.2, 0.25) is 0 Å². The molecule has 8 nitrogen and oxygen atoms in total. The van der Waals surface area contributed by atoms with E-state index in [1.165, 1.54) is 14.2 Å². The van der Waals surface area contributed by atoms with Crippen molar-refractivity contribution >= 4 is 11.5 Å². The number of carbonyl (C=O) groups is 1. The molecule has 0 saturated carbocycles. The van der Waals surface area contributed by atoms with Gasteiger partial charge in [-0.25, -0.2) is 0 Å². The van der Waals surface area contributed by atoms with E-state index in [9.17, 15) is 9.90 Å². The average Bonchev–Trinajstić information content (AvgIpc) is 3.29. The number of methoxy groups -OCH3 is 3. The Morgan fingerprint density at radius 3 is 2.64 bits per heavy atom. The van der Waals surface area contributed by atoms with E-state index in [0.717, 1.165) is 0 Å². The van der Waals surface area contributed by atoms with Gasteiger partial charge in [0.1, 0.15) is 0 Å². The van der Waals surface area contributed by atoms with Crippen LogP contribution in [-0.2, 0) is 14.3 Å². The number of ether oxygens (including phenoxy) is 5. The number of fused-ring (bicyclic) bond motifs is 1. The fourth-order valence-corrected chi connectivity index (χ4v) is 4.09. The number of Topliss-reactive ketones (excluding diaryl/α,β-unsaturated/α-hetero) is 1. The smallest absolute Gasteiger partial charge is 0.265 e. The molecule has 3 aliphatic rings. The predicted molar refractivity (Wildman–Crippen MR) is 98.9 cm³/mol. The van der Waals surface area contributed by atoms with E-state index in [4.69, 9.17) is 28.7 Å². The summed E-state index contributed by atoms with van der Waals surface area (Å²) in [5, 5.41) is 10.5. The second-order valence-corrected chi connectivity index (χ2v) is 6.84. The normalized spacial score (nSPS) is 25.7. The predicted octanol–water partition coefficient (Wildman–Crippen LogP) is 2.52. The van der Waals surface area contributed by atoms with Crippen LogP contribution >= 0.6 is 0 Å². The molecule has 4 rings (SSSR count). The van der Waals surface area contributed by atoms with E-state index in [0.29, 0.717) is 34.9 Å². The molecule has 0 saturated heterocycles. The van der Waals surface area contributed by atoms with Crippen LogP contribution in [0, 0.1) is 5.41 Å². The Morgan fingerprint density at radius 1 is 1.18 bits per heavy atom. The molecule has 0 unspecified atom stereocenters. The standard InChI is InChI=1S/C20H21NO7/c1-10-7-20(8-14(25-3)15(22)16(23)19(20)26-4)18(21-10)11-5-12(24-2)17-13(6-11)27-9-28-17/h5-6,8,10,23H,7,9H2,1-4H3/t10-,20-/m0/s1. The number of hydrogen-bond donors (Lipinski definition) is 1. The van der Waals surface area contributed by atoms with Crippen molar-refractivity contribution in [2.75, 3.05) is 28.1 Å². The van der Waals surface area contributed by atoms with Crippen LogP contribution in [0.1, 0.15) is 18.9 Å². The van der Waals surface area contributed by atoms with E-state index in [1.54, 1.807) is 19.3 Å². The number of aliphatic hydroxyl groups excluding tert-OH is 1. The molecule has 0 bridgehead atoms. The van der Waals surface area contributed by atoms with Gasteiger partial charge in [0.25, 0.3) is 5.78 Å². The minimum absolute atomic E-state index is 0.0489. The van der Waals surface area contributed by atoms with Crippen molar-refractivity contribution in [2.24, 2.45) is 10.4 Å². The number of nitrogens with zero attached hydrogens (tertiary/aromatic N) is 1. The molecule has 0 fully saturated rings. The molecule has 148 valence electrons.